The number of hydrogen-bond acceptors (Lipinski definition) is 13. The Kier molecular flexibility index (Phi) is 11.6. The third kappa shape index (κ3) is 8.32. The summed E-state index contributed by atoms with van der Waals surface area (Å²) in [6.07, 6.45) is 5.06. The lowest BCUT2D eigenvalue weighted by molar-refractivity contribution is -0.134. The molecular weight excluding hydrogens is 788 g/mol. The second-order valence-electron chi connectivity index (χ2n) is 16.3. The molecule has 0 aliphatic carbocycles. The molecule has 18 heteroatoms. The molecule has 8 rings (SSSR count). The van der Waals surface area contributed by atoms with Gasteiger partial charge in [-0.25, -0.2) is 9.97 Å². The van der Waals surface area contributed by atoms with E-state index in [-0.39, 0.29) is 41.7 Å². The molecule has 0 radical (unpaired) electrons. The van der Waals surface area contributed by atoms with Crippen LogP contribution in [0.4, 0.5) is 23.1 Å². The van der Waals surface area contributed by atoms with E-state index in [1.54, 1.807) is 23.0 Å². The number of amides is 3. The monoisotopic (exact) mass is 838 g/mol. The minimum Gasteiger partial charge on any atom is -0.478 e. The number of nitrogens with zero attached hydrogens (tertiary/aromatic N) is 9. The summed E-state index contributed by atoms with van der Waals surface area (Å²) < 4.78 is 8.99. The van der Waals surface area contributed by atoms with E-state index in [9.17, 15) is 19.2 Å². The number of nitrogens with one attached hydrogen (secondary N) is 3. The van der Waals surface area contributed by atoms with Gasteiger partial charge in [0.05, 0.1) is 35.2 Å². The van der Waals surface area contributed by atoms with E-state index < -0.39 is 5.92 Å². The van der Waals surface area contributed by atoms with Crippen molar-refractivity contribution in [1.82, 2.24) is 44.8 Å². The quantitative estimate of drug-likeness (QED) is 0.163. The number of aryl methyl sites for hydroxylation is 1. The summed E-state index contributed by atoms with van der Waals surface area (Å²) in [7, 11) is 3.42. The Morgan fingerprint density at radius 3 is 2.55 bits per heavy atom. The molecule has 3 N–H and O–H groups in total. The average Bonchev–Trinajstić information content (AvgIpc) is 3.56. The maximum absolute atomic E-state index is 13.2. The number of pyridine rings is 2. The fraction of sp³-hybridized carbons (Fsp3) is 0.476. The van der Waals surface area contributed by atoms with E-state index in [2.05, 4.69) is 65.7 Å². The summed E-state index contributed by atoms with van der Waals surface area (Å²) in [5, 5.41) is 14.9. The van der Waals surface area contributed by atoms with Crippen LogP contribution in [0.5, 0.6) is 5.75 Å². The minimum absolute atomic E-state index is 0.0597. The highest BCUT2D eigenvalue weighted by Crippen LogP contribution is 2.34. The van der Waals surface area contributed by atoms with Gasteiger partial charge in [-0.05, 0) is 68.9 Å². The number of hydrogen-bond donors (Lipinski definition) is 3. The number of halogens is 1. The molecule has 3 amide bonds. The second-order valence-corrected chi connectivity index (χ2v) is 16.7. The predicted octanol–water partition coefficient (Wildman–Crippen LogP) is 3.98. The van der Waals surface area contributed by atoms with Crippen molar-refractivity contribution in [3.05, 3.63) is 63.8 Å². The topological polar surface area (TPSA) is 185 Å². The molecule has 3 atom stereocenters. The van der Waals surface area contributed by atoms with Crippen LogP contribution >= 0.6 is 11.6 Å². The lowest BCUT2D eigenvalue weighted by Crippen LogP contribution is -2.50. The fourth-order valence-corrected chi connectivity index (χ4v) is 8.79. The number of piperidine rings is 2. The van der Waals surface area contributed by atoms with Gasteiger partial charge in [0.2, 0.25) is 17.8 Å². The number of benzene rings is 1. The highest BCUT2D eigenvalue weighted by atomic mass is 35.5. The van der Waals surface area contributed by atoms with Crippen molar-refractivity contribution < 1.29 is 19.1 Å². The van der Waals surface area contributed by atoms with Crippen molar-refractivity contribution >= 4 is 74.4 Å². The minimum atomic E-state index is -0.419. The molecule has 60 heavy (non-hydrogen) atoms. The number of ether oxygens (including phenoxy) is 1. The van der Waals surface area contributed by atoms with Crippen molar-refractivity contribution in [2.75, 3.05) is 74.6 Å². The molecule has 3 fully saturated rings. The third-order valence-electron chi connectivity index (χ3n) is 12.0. The van der Waals surface area contributed by atoms with Gasteiger partial charge in [-0.1, -0.05) is 18.5 Å². The molecule has 316 valence electrons. The molecule has 1 aromatic carbocycles. The zero-order valence-electron chi connectivity index (χ0n) is 34.6. The van der Waals surface area contributed by atoms with Crippen LogP contribution in [0.2, 0.25) is 5.02 Å². The van der Waals surface area contributed by atoms with Gasteiger partial charge in [0.25, 0.3) is 11.5 Å². The van der Waals surface area contributed by atoms with Gasteiger partial charge >= 0.3 is 0 Å². The summed E-state index contributed by atoms with van der Waals surface area (Å²) in [5.41, 5.74) is 3.60. The Morgan fingerprint density at radius 2 is 1.82 bits per heavy atom. The second kappa shape index (κ2) is 17.0. The van der Waals surface area contributed by atoms with Crippen LogP contribution in [0.1, 0.15) is 57.7 Å². The number of fused-ring (bicyclic) bond motifs is 2. The van der Waals surface area contributed by atoms with Crippen LogP contribution in [0.3, 0.4) is 0 Å². The summed E-state index contributed by atoms with van der Waals surface area (Å²) in [4.78, 5) is 70.6. The number of piperazine rings is 1. The first kappa shape index (κ1) is 40.9. The Bertz CT molecular complexity index is 2510. The first-order chi connectivity index (χ1) is 28.9. The molecule has 0 spiro atoms. The van der Waals surface area contributed by atoms with Crippen molar-refractivity contribution in [3.8, 4) is 5.75 Å². The zero-order chi connectivity index (χ0) is 42.2. The smallest absolute Gasteiger partial charge is 0.294 e. The Labute approximate surface area is 352 Å². The van der Waals surface area contributed by atoms with E-state index in [0.29, 0.717) is 58.2 Å². The van der Waals surface area contributed by atoms with Gasteiger partial charge in [0.15, 0.2) is 18.2 Å². The maximum atomic E-state index is 13.2. The molecular formula is C42H51ClN12O5. The maximum Gasteiger partial charge on any atom is 0.294 e. The lowest BCUT2D eigenvalue weighted by atomic mass is 9.86. The van der Waals surface area contributed by atoms with Gasteiger partial charge < -0.3 is 25.2 Å². The predicted molar refractivity (Wildman–Crippen MR) is 230 cm³/mol. The van der Waals surface area contributed by atoms with Crippen molar-refractivity contribution in [3.63, 3.8) is 0 Å². The van der Waals surface area contributed by atoms with Crippen molar-refractivity contribution in [2.24, 2.45) is 18.9 Å². The Balaban J connectivity index is 0.879. The summed E-state index contributed by atoms with van der Waals surface area (Å²) >= 11 is 6.62. The summed E-state index contributed by atoms with van der Waals surface area (Å²) in [6.45, 7) is 12.3. The van der Waals surface area contributed by atoms with Gasteiger partial charge in [-0.15, -0.1) is 0 Å². The molecule has 7 heterocycles. The molecule has 0 bridgehead atoms. The highest BCUT2D eigenvalue weighted by molar-refractivity contribution is 6.33. The molecule has 17 nitrogen and oxygen atoms in total. The Morgan fingerprint density at radius 1 is 1.02 bits per heavy atom. The summed E-state index contributed by atoms with van der Waals surface area (Å²) in [5.74, 6) is 0.800. The number of anilines is 4. The fourth-order valence-electron chi connectivity index (χ4n) is 8.65. The van der Waals surface area contributed by atoms with Crippen LogP contribution in [0.25, 0.3) is 21.9 Å². The number of carbonyl (C=O) groups excluding carboxylic acids is 3. The third-order valence-corrected chi connectivity index (χ3v) is 12.3. The average molecular weight is 839 g/mol. The molecule has 0 saturated carbocycles. The normalized spacial score (nSPS) is 20.2. The largest absolute Gasteiger partial charge is 0.478 e. The zero-order valence-corrected chi connectivity index (χ0v) is 35.3. The Hall–Kier alpha value is -5.81. The van der Waals surface area contributed by atoms with E-state index in [1.165, 1.54) is 7.05 Å². The standard InChI is InChI=1S/C42H51ClN12O5/c1-24(2)55-39-27(17-34(41(55)59)60-23-36(57)44-4)16-28(19-45-39)47-38-32(43)20-46-42(49-38)54-11-10-26(25(3)21-54)22-52-12-14-53(15-13-52)29-6-7-30-33(18-29)51(5)50-37(30)31-8-9-35(56)48-40(31)58/h6-7,16-20,24-26,31H,8-15,21-23H2,1-5H3,(H,44,57)(H,46,47,49)(H,48,56,58)/t25-,26-,31?/m1/s1. The van der Waals surface area contributed by atoms with Crippen LogP contribution < -0.4 is 36.0 Å². The SMILES string of the molecule is CNC(=O)COc1cc2cc(Nc3nc(N4CC[C@H](CN5CCN(c6ccc7c(C8CCC(=O)NC8=O)nn(C)c7c6)CC5)[C@H](C)C4)ncc3Cl)cnc2n(C(C)C)c1=O. The molecule has 3 aliphatic rings. The van der Waals surface area contributed by atoms with Crippen LogP contribution in [0.15, 0.2) is 47.5 Å². The van der Waals surface area contributed by atoms with Crippen LogP contribution in [-0.2, 0) is 21.4 Å². The van der Waals surface area contributed by atoms with Crippen LogP contribution in [-0.4, -0.2) is 111 Å². The van der Waals surface area contributed by atoms with Gasteiger partial charge in [0, 0.05) is 88.8 Å². The molecule has 5 aromatic rings. The van der Waals surface area contributed by atoms with Gasteiger partial charge in [0.1, 0.15) is 10.7 Å². The summed E-state index contributed by atoms with van der Waals surface area (Å²) in [6, 6.07) is 9.61. The van der Waals surface area contributed by atoms with E-state index >= 15 is 0 Å². The number of aromatic nitrogens is 6. The van der Waals surface area contributed by atoms with Gasteiger partial charge in [-0.2, -0.15) is 10.1 Å². The number of carbonyl (C=O) groups is 3. The number of imide groups is 1. The van der Waals surface area contributed by atoms with E-state index in [1.807, 2.05) is 31.6 Å². The molecule has 3 aliphatic heterocycles. The van der Waals surface area contributed by atoms with E-state index in [0.717, 1.165) is 74.5 Å². The van der Waals surface area contributed by atoms with Crippen molar-refractivity contribution in [1.29, 1.82) is 0 Å². The molecule has 1 unspecified atom stereocenters. The first-order valence-electron chi connectivity index (χ1n) is 20.6. The molecule has 3 saturated heterocycles. The van der Waals surface area contributed by atoms with E-state index in [4.69, 9.17) is 26.4 Å². The number of rotatable bonds is 11. The number of likely N-dealkylation sites (N-methyl/N-ethyl adjacent to an activating group) is 1. The van der Waals surface area contributed by atoms with Gasteiger partial charge in [-0.3, -0.25) is 38.6 Å². The first-order valence-corrected chi connectivity index (χ1v) is 21.0. The highest BCUT2D eigenvalue weighted by Gasteiger charge is 2.33. The molecule has 4 aromatic heterocycles. The van der Waals surface area contributed by atoms with Crippen molar-refractivity contribution in [2.45, 2.75) is 52.0 Å². The lowest BCUT2D eigenvalue weighted by Gasteiger charge is -2.42. The van der Waals surface area contributed by atoms with Crippen LogP contribution in [0, 0.1) is 11.8 Å².